The van der Waals surface area contributed by atoms with E-state index in [1.54, 1.807) is 52.0 Å². The van der Waals surface area contributed by atoms with Gasteiger partial charge in [-0.1, -0.05) is 38.8 Å². The first-order chi connectivity index (χ1) is 18.1. The predicted molar refractivity (Wildman–Crippen MR) is 151 cm³/mol. The van der Waals surface area contributed by atoms with Gasteiger partial charge < -0.3 is 25.0 Å². The van der Waals surface area contributed by atoms with Crippen LogP contribution in [0.15, 0.2) is 24.3 Å². The second-order valence-electron chi connectivity index (χ2n) is 11.3. The minimum Gasteiger partial charge on any atom is -0.466 e. The first kappa shape index (κ1) is 33.5. The van der Waals surface area contributed by atoms with Crippen molar-refractivity contribution in [3.8, 4) is 12.3 Å². The van der Waals surface area contributed by atoms with Crippen LogP contribution in [0.5, 0.6) is 0 Å². The molecule has 0 saturated heterocycles. The SMILES string of the molecule is C#Cc1ccc(C(C(=O)NCCC(=O)OCC)N(C(=O)C(NC(=O)OC(C)(C)C)C(C)C)C(C)(C)CC)cc1. The van der Waals surface area contributed by atoms with Gasteiger partial charge in [0.25, 0.3) is 0 Å². The summed E-state index contributed by atoms with van der Waals surface area (Å²) in [4.78, 5) is 54.0. The summed E-state index contributed by atoms with van der Waals surface area (Å²) < 4.78 is 10.4. The fourth-order valence-electron chi connectivity index (χ4n) is 3.84. The topological polar surface area (TPSA) is 114 Å². The Hall–Kier alpha value is -3.54. The number of esters is 1. The largest absolute Gasteiger partial charge is 0.466 e. The van der Waals surface area contributed by atoms with E-state index in [9.17, 15) is 19.2 Å². The standard InChI is InChI=1S/C30H45N3O6/c1-11-21-14-16-22(17-15-21)25(26(35)31-19-18-23(34)38-13-3)33(30(9,10)12-2)27(36)24(20(4)5)32-28(37)39-29(6,7)8/h1,14-17,20,24-25H,12-13,18-19H2,2-10H3,(H,31,35)(H,32,37). The van der Waals surface area contributed by atoms with Gasteiger partial charge in [0.2, 0.25) is 11.8 Å². The maximum atomic E-state index is 14.3. The van der Waals surface area contributed by atoms with Crippen LogP contribution in [0.25, 0.3) is 0 Å². The molecule has 0 aliphatic rings. The van der Waals surface area contributed by atoms with Crippen molar-refractivity contribution in [2.24, 2.45) is 5.92 Å². The highest BCUT2D eigenvalue weighted by atomic mass is 16.6. The molecule has 0 aromatic heterocycles. The van der Waals surface area contributed by atoms with Gasteiger partial charge in [0.05, 0.1) is 13.0 Å². The number of rotatable bonds is 12. The van der Waals surface area contributed by atoms with Crippen LogP contribution in [-0.4, -0.2) is 59.1 Å². The van der Waals surface area contributed by atoms with E-state index in [-0.39, 0.29) is 25.5 Å². The number of hydrogen-bond donors (Lipinski definition) is 2. The summed E-state index contributed by atoms with van der Waals surface area (Å²) in [6, 6.07) is 4.79. The molecule has 0 aliphatic carbocycles. The van der Waals surface area contributed by atoms with Gasteiger partial charge in [-0.15, -0.1) is 6.42 Å². The number of nitrogens with one attached hydrogen (secondary N) is 2. The Morgan fingerprint density at radius 2 is 1.62 bits per heavy atom. The van der Waals surface area contributed by atoms with Gasteiger partial charge >= 0.3 is 12.1 Å². The quantitative estimate of drug-likeness (QED) is 0.299. The monoisotopic (exact) mass is 543 g/mol. The number of terminal acetylenes is 1. The van der Waals surface area contributed by atoms with Crippen LogP contribution in [0.4, 0.5) is 4.79 Å². The molecule has 0 saturated carbocycles. The molecule has 1 rings (SSSR count). The lowest BCUT2D eigenvalue weighted by molar-refractivity contribution is -0.150. The molecule has 0 bridgehead atoms. The Bertz CT molecular complexity index is 1030. The summed E-state index contributed by atoms with van der Waals surface area (Å²) in [5.41, 5.74) is -0.387. The number of benzene rings is 1. The number of hydrogen-bond acceptors (Lipinski definition) is 6. The molecule has 9 nitrogen and oxygen atoms in total. The van der Waals surface area contributed by atoms with Gasteiger partial charge in [0.15, 0.2) is 0 Å². The fourth-order valence-corrected chi connectivity index (χ4v) is 3.84. The second kappa shape index (κ2) is 14.6. The second-order valence-corrected chi connectivity index (χ2v) is 11.3. The molecule has 1 aromatic rings. The van der Waals surface area contributed by atoms with E-state index in [0.29, 0.717) is 17.5 Å². The number of amides is 3. The molecular formula is C30H45N3O6. The molecule has 216 valence electrons. The van der Waals surface area contributed by atoms with E-state index in [4.69, 9.17) is 15.9 Å². The van der Waals surface area contributed by atoms with E-state index in [1.807, 2.05) is 34.6 Å². The van der Waals surface area contributed by atoms with Crippen molar-refractivity contribution >= 4 is 23.9 Å². The molecule has 2 N–H and O–H groups in total. The van der Waals surface area contributed by atoms with Gasteiger partial charge in [0, 0.05) is 17.6 Å². The molecule has 39 heavy (non-hydrogen) atoms. The van der Waals surface area contributed by atoms with Crippen LogP contribution < -0.4 is 10.6 Å². The smallest absolute Gasteiger partial charge is 0.408 e. The first-order valence-corrected chi connectivity index (χ1v) is 13.4. The zero-order valence-corrected chi connectivity index (χ0v) is 24.8. The molecule has 3 amide bonds. The molecule has 0 spiro atoms. The van der Waals surface area contributed by atoms with Crippen molar-refractivity contribution in [2.75, 3.05) is 13.2 Å². The Labute approximate surface area is 233 Å². The zero-order chi connectivity index (χ0) is 30.0. The van der Waals surface area contributed by atoms with Crippen molar-refractivity contribution in [1.82, 2.24) is 15.5 Å². The maximum absolute atomic E-state index is 14.3. The minimum atomic E-state index is -1.07. The van der Waals surface area contributed by atoms with Gasteiger partial charge in [-0.3, -0.25) is 14.4 Å². The molecule has 0 radical (unpaired) electrons. The number of carbonyl (C=O) groups excluding carboxylic acids is 4. The summed E-state index contributed by atoms with van der Waals surface area (Å²) in [5, 5.41) is 5.50. The highest BCUT2D eigenvalue weighted by Crippen LogP contribution is 2.33. The summed E-state index contributed by atoms with van der Waals surface area (Å²) in [6.07, 6.45) is 5.31. The third-order valence-electron chi connectivity index (χ3n) is 6.19. The van der Waals surface area contributed by atoms with Crippen molar-refractivity contribution in [3.63, 3.8) is 0 Å². The average Bonchev–Trinajstić information content (AvgIpc) is 2.84. The van der Waals surface area contributed by atoms with Gasteiger partial charge in [-0.25, -0.2) is 4.79 Å². The van der Waals surface area contributed by atoms with Crippen LogP contribution in [0.3, 0.4) is 0 Å². The van der Waals surface area contributed by atoms with Gasteiger partial charge in [-0.2, -0.15) is 0 Å². The van der Waals surface area contributed by atoms with Gasteiger partial charge in [-0.05, 0) is 71.6 Å². The Balaban J connectivity index is 3.56. The minimum absolute atomic E-state index is 0.0116. The maximum Gasteiger partial charge on any atom is 0.408 e. The Morgan fingerprint density at radius 1 is 1.03 bits per heavy atom. The van der Waals surface area contributed by atoms with E-state index in [2.05, 4.69) is 16.6 Å². The first-order valence-electron chi connectivity index (χ1n) is 13.4. The van der Waals surface area contributed by atoms with E-state index >= 15 is 0 Å². The third-order valence-corrected chi connectivity index (χ3v) is 6.19. The van der Waals surface area contributed by atoms with Crippen LogP contribution in [0.1, 0.15) is 92.3 Å². The fraction of sp³-hybridized carbons (Fsp3) is 0.600. The summed E-state index contributed by atoms with van der Waals surface area (Å²) >= 11 is 0. The Morgan fingerprint density at radius 3 is 2.08 bits per heavy atom. The average molecular weight is 544 g/mol. The summed E-state index contributed by atoms with van der Waals surface area (Å²) in [7, 11) is 0. The molecule has 0 heterocycles. The molecule has 0 aliphatic heterocycles. The van der Waals surface area contributed by atoms with E-state index in [1.165, 1.54) is 4.90 Å². The van der Waals surface area contributed by atoms with Crippen LogP contribution in [0.2, 0.25) is 0 Å². The molecule has 0 fully saturated rings. The molecule has 1 aromatic carbocycles. The number of ether oxygens (including phenoxy) is 2. The molecule has 2 atom stereocenters. The van der Waals surface area contributed by atoms with Crippen molar-refractivity contribution in [1.29, 1.82) is 0 Å². The lowest BCUT2D eigenvalue weighted by atomic mass is 9.90. The predicted octanol–water partition coefficient (Wildman–Crippen LogP) is 4.34. The number of carbonyl (C=O) groups is 4. The number of nitrogens with zero attached hydrogens (tertiary/aromatic N) is 1. The van der Waals surface area contributed by atoms with Crippen molar-refractivity contribution in [2.45, 2.75) is 98.4 Å². The third kappa shape index (κ3) is 10.3. The lowest BCUT2D eigenvalue weighted by Crippen LogP contribution is -2.60. The highest BCUT2D eigenvalue weighted by Gasteiger charge is 2.43. The lowest BCUT2D eigenvalue weighted by Gasteiger charge is -2.45. The normalized spacial score (nSPS) is 13.1. The number of alkyl carbamates (subject to hydrolysis) is 1. The van der Waals surface area contributed by atoms with Crippen LogP contribution in [-0.2, 0) is 23.9 Å². The van der Waals surface area contributed by atoms with E-state index < -0.39 is 47.1 Å². The molecule has 9 heteroatoms. The highest BCUT2D eigenvalue weighted by molar-refractivity contribution is 5.93. The Kier molecular flexibility index (Phi) is 12.5. The summed E-state index contributed by atoms with van der Waals surface area (Å²) in [6.45, 7) is 16.5. The summed E-state index contributed by atoms with van der Waals surface area (Å²) in [5.74, 6) is 0.905. The van der Waals surface area contributed by atoms with Crippen molar-refractivity contribution < 1.29 is 28.7 Å². The van der Waals surface area contributed by atoms with Gasteiger partial charge in [0.1, 0.15) is 17.7 Å². The van der Waals surface area contributed by atoms with Crippen molar-refractivity contribution in [3.05, 3.63) is 35.4 Å². The van der Waals surface area contributed by atoms with Crippen LogP contribution in [0, 0.1) is 18.3 Å². The zero-order valence-electron chi connectivity index (χ0n) is 24.8. The van der Waals surface area contributed by atoms with E-state index in [0.717, 1.165) is 0 Å². The molecular weight excluding hydrogens is 498 g/mol. The van der Waals surface area contributed by atoms with Crippen LogP contribution >= 0.6 is 0 Å². The molecule has 2 unspecified atom stereocenters.